The van der Waals surface area contributed by atoms with Crippen molar-refractivity contribution in [3.05, 3.63) is 59.2 Å². The van der Waals surface area contributed by atoms with Crippen molar-refractivity contribution in [2.75, 3.05) is 12.0 Å². The highest BCUT2D eigenvalue weighted by atomic mass is 16.5. The summed E-state index contributed by atoms with van der Waals surface area (Å²) in [5, 5.41) is 5.47. The highest BCUT2D eigenvalue weighted by molar-refractivity contribution is 5.89. The first-order chi connectivity index (χ1) is 10.1. The molecule has 0 aliphatic carbocycles. The highest BCUT2D eigenvalue weighted by Gasteiger charge is 2.04. The summed E-state index contributed by atoms with van der Waals surface area (Å²) in [4.78, 5) is 11.8. The van der Waals surface area contributed by atoms with E-state index in [1.807, 2.05) is 63.2 Å². The fourth-order valence-electron chi connectivity index (χ4n) is 2.02. The van der Waals surface area contributed by atoms with Gasteiger partial charge < -0.3 is 15.4 Å². The topological polar surface area (TPSA) is 50.4 Å². The first-order valence-electron chi connectivity index (χ1n) is 6.87. The lowest BCUT2D eigenvalue weighted by atomic mass is 10.1. The minimum atomic E-state index is -0.283. The van der Waals surface area contributed by atoms with E-state index in [0.29, 0.717) is 0 Å². The maximum Gasteiger partial charge on any atom is 0.321 e. The molecule has 4 nitrogen and oxygen atoms in total. The number of amides is 2. The number of urea groups is 1. The number of rotatable bonds is 4. The molecule has 4 heteroatoms. The van der Waals surface area contributed by atoms with Crippen molar-refractivity contribution >= 4 is 11.7 Å². The first kappa shape index (κ1) is 14.9. The monoisotopic (exact) mass is 284 g/mol. The Morgan fingerprint density at radius 1 is 1.05 bits per heavy atom. The predicted octanol–water partition coefficient (Wildman–Crippen LogP) is 3.77. The Bertz CT molecular complexity index is 638. The quantitative estimate of drug-likeness (QED) is 0.840. The van der Waals surface area contributed by atoms with Crippen LogP contribution in [0.15, 0.2) is 42.5 Å². The van der Waals surface area contributed by atoms with E-state index in [2.05, 4.69) is 10.6 Å². The van der Waals surface area contributed by atoms with Crippen molar-refractivity contribution in [2.24, 2.45) is 0 Å². The smallest absolute Gasteiger partial charge is 0.321 e. The van der Waals surface area contributed by atoms with E-state index >= 15 is 0 Å². The molecule has 0 unspecified atom stereocenters. The number of hydrogen-bond acceptors (Lipinski definition) is 2. The zero-order chi connectivity index (χ0) is 15.2. The van der Waals surface area contributed by atoms with E-state index in [0.717, 1.165) is 22.6 Å². The summed E-state index contributed by atoms with van der Waals surface area (Å²) in [5.74, 6) is 0.775. The molecule has 110 valence electrons. The van der Waals surface area contributed by atoms with Crippen LogP contribution in [0.1, 0.15) is 16.7 Å². The van der Waals surface area contributed by atoms with Gasteiger partial charge >= 0.3 is 6.03 Å². The van der Waals surface area contributed by atoms with Gasteiger partial charge in [0.05, 0.1) is 0 Å². The second-order valence-corrected chi connectivity index (χ2v) is 5.00. The molecular formula is C17H20N2O2. The summed E-state index contributed by atoms with van der Waals surface area (Å²) in [7, 11) is 0. The SMILES string of the molecule is Cc1ccc(OCNC(=O)Nc2ccccc2C)c(C)c1. The Morgan fingerprint density at radius 3 is 2.52 bits per heavy atom. The van der Waals surface area contributed by atoms with Crippen molar-refractivity contribution in [3.63, 3.8) is 0 Å². The molecule has 2 amide bonds. The molecule has 0 saturated heterocycles. The van der Waals surface area contributed by atoms with E-state index in [1.165, 1.54) is 5.56 Å². The number of hydrogen-bond donors (Lipinski definition) is 2. The van der Waals surface area contributed by atoms with Crippen LogP contribution >= 0.6 is 0 Å². The molecule has 0 bridgehead atoms. The van der Waals surface area contributed by atoms with Gasteiger partial charge in [-0.1, -0.05) is 35.9 Å². The van der Waals surface area contributed by atoms with Crippen molar-refractivity contribution in [3.8, 4) is 5.75 Å². The van der Waals surface area contributed by atoms with Crippen LogP contribution < -0.4 is 15.4 Å². The van der Waals surface area contributed by atoms with Gasteiger partial charge in [-0.25, -0.2) is 4.79 Å². The lowest BCUT2D eigenvalue weighted by Gasteiger charge is -2.12. The van der Waals surface area contributed by atoms with Gasteiger partial charge in [0.1, 0.15) is 5.75 Å². The molecular weight excluding hydrogens is 264 g/mol. The van der Waals surface area contributed by atoms with E-state index in [9.17, 15) is 4.79 Å². The predicted molar refractivity (Wildman–Crippen MR) is 84.7 cm³/mol. The first-order valence-corrected chi connectivity index (χ1v) is 6.87. The normalized spacial score (nSPS) is 10.0. The Morgan fingerprint density at radius 2 is 1.81 bits per heavy atom. The second kappa shape index (κ2) is 6.79. The van der Waals surface area contributed by atoms with Gasteiger partial charge in [-0.3, -0.25) is 0 Å². The van der Waals surface area contributed by atoms with Crippen LogP contribution in [-0.4, -0.2) is 12.8 Å². The van der Waals surface area contributed by atoms with Gasteiger partial charge in [-0.2, -0.15) is 0 Å². The third kappa shape index (κ3) is 4.24. The molecule has 0 aliphatic rings. The van der Waals surface area contributed by atoms with Crippen LogP contribution in [0, 0.1) is 20.8 Å². The van der Waals surface area contributed by atoms with Crippen LogP contribution in [0.25, 0.3) is 0 Å². The summed E-state index contributed by atoms with van der Waals surface area (Å²) in [6.07, 6.45) is 0. The summed E-state index contributed by atoms with van der Waals surface area (Å²) >= 11 is 0. The maximum absolute atomic E-state index is 11.8. The number of carbonyl (C=O) groups is 1. The standard InChI is InChI=1S/C17H20N2O2/c1-12-8-9-16(14(3)10-12)21-11-18-17(20)19-15-7-5-4-6-13(15)2/h4-10H,11H2,1-3H3,(H2,18,19,20). The van der Waals surface area contributed by atoms with Crippen molar-refractivity contribution in [1.82, 2.24) is 5.32 Å². The van der Waals surface area contributed by atoms with Crippen molar-refractivity contribution in [2.45, 2.75) is 20.8 Å². The summed E-state index contributed by atoms with van der Waals surface area (Å²) in [6.45, 7) is 6.09. The molecule has 2 rings (SSSR count). The minimum absolute atomic E-state index is 0.127. The van der Waals surface area contributed by atoms with Gasteiger partial charge in [-0.15, -0.1) is 0 Å². The number of para-hydroxylation sites is 1. The molecule has 0 radical (unpaired) electrons. The van der Waals surface area contributed by atoms with E-state index in [4.69, 9.17) is 4.74 Å². The molecule has 0 heterocycles. The Hall–Kier alpha value is -2.49. The summed E-state index contributed by atoms with van der Waals surface area (Å²) < 4.78 is 5.56. The zero-order valence-electron chi connectivity index (χ0n) is 12.6. The van der Waals surface area contributed by atoms with Crippen molar-refractivity contribution < 1.29 is 9.53 Å². The largest absolute Gasteiger partial charge is 0.473 e. The lowest BCUT2D eigenvalue weighted by molar-refractivity contribution is 0.234. The maximum atomic E-state index is 11.8. The minimum Gasteiger partial charge on any atom is -0.473 e. The number of nitrogens with one attached hydrogen (secondary N) is 2. The Kier molecular flexibility index (Phi) is 4.82. The van der Waals surface area contributed by atoms with Crippen LogP contribution in [0.2, 0.25) is 0 Å². The van der Waals surface area contributed by atoms with Crippen LogP contribution in [-0.2, 0) is 0 Å². The number of aryl methyl sites for hydroxylation is 3. The van der Waals surface area contributed by atoms with Crippen molar-refractivity contribution in [1.29, 1.82) is 0 Å². The van der Waals surface area contributed by atoms with E-state index in [-0.39, 0.29) is 12.8 Å². The summed E-state index contributed by atoms with van der Waals surface area (Å²) in [6, 6.07) is 13.3. The van der Waals surface area contributed by atoms with E-state index in [1.54, 1.807) is 0 Å². The third-order valence-corrected chi connectivity index (χ3v) is 3.18. The molecule has 2 aromatic carbocycles. The average molecular weight is 284 g/mol. The molecule has 0 aliphatic heterocycles. The van der Waals surface area contributed by atoms with Gasteiger partial charge in [-0.05, 0) is 44.0 Å². The third-order valence-electron chi connectivity index (χ3n) is 3.18. The van der Waals surface area contributed by atoms with Gasteiger partial charge in [0, 0.05) is 5.69 Å². The molecule has 2 N–H and O–H groups in total. The molecule has 0 atom stereocenters. The number of anilines is 1. The summed E-state index contributed by atoms with van der Waals surface area (Å²) in [5.41, 5.74) is 4.05. The van der Waals surface area contributed by atoms with Gasteiger partial charge in [0.2, 0.25) is 0 Å². The molecule has 21 heavy (non-hydrogen) atoms. The molecule has 0 aromatic heterocycles. The fraction of sp³-hybridized carbons (Fsp3) is 0.235. The number of carbonyl (C=O) groups excluding carboxylic acids is 1. The Balaban J connectivity index is 1.83. The molecule has 0 fully saturated rings. The molecule has 0 spiro atoms. The van der Waals surface area contributed by atoms with Crippen LogP contribution in [0.5, 0.6) is 5.75 Å². The average Bonchev–Trinajstić information content (AvgIpc) is 2.44. The molecule has 2 aromatic rings. The second-order valence-electron chi connectivity index (χ2n) is 5.00. The number of ether oxygens (including phenoxy) is 1. The van der Waals surface area contributed by atoms with Gasteiger partial charge in [0.15, 0.2) is 6.73 Å². The van der Waals surface area contributed by atoms with Gasteiger partial charge in [0.25, 0.3) is 0 Å². The zero-order valence-corrected chi connectivity index (χ0v) is 12.6. The highest BCUT2D eigenvalue weighted by Crippen LogP contribution is 2.18. The Labute approximate surface area is 125 Å². The van der Waals surface area contributed by atoms with Crippen LogP contribution in [0.4, 0.5) is 10.5 Å². The molecule has 0 saturated carbocycles. The fourth-order valence-corrected chi connectivity index (χ4v) is 2.02. The van der Waals surface area contributed by atoms with E-state index < -0.39 is 0 Å². The van der Waals surface area contributed by atoms with Crippen LogP contribution in [0.3, 0.4) is 0 Å². The number of benzene rings is 2. The lowest BCUT2D eigenvalue weighted by Crippen LogP contribution is -2.32.